The van der Waals surface area contributed by atoms with Crippen molar-refractivity contribution in [1.82, 2.24) is 4.57 Å². The van der Waals surface area contributed by atoms with E-state index in [0.29, 0.717) is 0 Å². The topological polar surface area (TPSA) is 8.17 Å². The van der Waals surface area contributed by atoms with Crippen molar-refractivity contribution in [1.29, 1.82) is 0 Å². The van der Waals surface area contributed by atoms with Crippen LogP contribution < -0.4 is 4.90 Å². The van der Waals surface area contributed by atoms with Gasteiger partial charge in [-0.3, -0.25) is 0 Å². The Hall–Kier alpha value is -3.45. The minimum atomic E-state index is -1.41. The summed E-state index contributed by atoms with van der Waals surface area (Å²) in [5.74, 6) is 10.1. The number of anilines is 1. The summed E-state index contributed by atoms with van der Waals surface area (Å²) in [7, 11) is 2.68. The average molecular weight is 609 g/mol. The van der Waals surface area contributed by atoms with Crippen molar-refractivity contribution in [3.05, 3.63) is 105 Å². The van der Waals surface area contributed by atoms with E-state index in [4.69, 9.17) is 0 Å². The monoisotopic (exact) mass is 608 g/mol. The minimum Gasteiger partial charge on any atom is -0.378 e. The zero-order chi connectivity index (χ0) is 26.2. The van der Waals surface area contributed by atoms with Gasteiger partial charge in [0.15, 0.2) is 0 Å². The Kier molecular flexibility index (Phi) is 6.90. The number of hydrogen-bond acceptors (Lipinski definition) is 1. The zero-order valence-corrected chi connectivity index (χ0v) is 25.0. The highest BCUT2D eigenvalue weighted by molar-refractivity contribution is 14.1. The van der Waals surface area contributed by atoms with Gasteiger partial charge in [-0.05, 0) is 95.4 Å². The summed E-state index contributed by atoms with van der Waals surface area (Å²) in [6, 6.07) is 30.2. The van der Waals surface area contributed by atoms with Crippen molar-refractivity contribution < 1.29 is 0 Å². The molecular formula is C33H29IN2Si. The van der Waals surface area contributed by atoms with Crippen LogP contribution in [0.5, 0.6) is 0 Å². The molecule has 2 nitrogen and oxygen atoms in total. The Bertz CT molecular complexity index is 1730. The standard InChI is InChI=1S/C33H29IN2Si/c1-35(2)28-14-8-24(9-15-28)6-7-26-12-18-30-31-19-13-27(34)23-33(31)36(32(30)22-26)29-16-10-25(11-17-29)20-21-37(3,4)5/h8-19,22-23H,1-5H3. The molecule has 4 heteroatoms. The summed E-state index contributed by atoms with van der Waals surface area (Å²) in [6.45, 7) is 6.81. The van der Waals surface area contributed by atoms with Crippen LogP contribution in [0, 0.1) is 26.9 Å². The highest BCUT2D eigenvalue weighted by atomic mass is 127. The molecule has 0 saturated heterocycles. The van der Waals surface area contributed by atoms with E-state index in [1.54, 1.807) is 0 Å². The quantitative estimate of drug-likeness (QED) is 0.112. The van der Waals surface area contributed by atoms with Gasteiger partial charge in [0.1, 0.15) is 8.07 Å². The fourth-order valence-electron chi connectivity index (χ4n) is 4.29. The van der Waals surface area contributed by atoms with Gasteiger partial charge in [0, 0.05) is 56.5 Å². The highest BCUT2D eigenvalue weighted by Gasteiger charge is 2.13. The zero-order valence-electron chi connectivity index (χ0n) is 21.9. The smallest absolute Gasteiger partial charge is 0.129 e. The van der Waals surface area contributed by atoms with Crippen LogP contribution in [0.1, 0.15) is 16.7 Å². The summed E-state index contributed by atoms with van der Waals surface area (Å²) in [5.41, 5.74) is 11.2. The van der Waals surface area contributed by atoms with E-state index in [1.165, 1.54) is 25.5 Å². The molecule has 0 aliphatic heterocycles. The Morgan fingerprint density at radius 1 is 0.649 bits per heavy atom. The van der Waals surface area contributed by atoms with Gasteiger partial charge in [-0.1, -0.05) is 49.5 Å². The number of rotatable bonds is 2. The molecule has 0 bridgehead atoms. The molecule has 0 amide bonds. The maximum absolute atomic E-state index is 3.47. The Balaban J connectivity index is 1.60. The summed E-state index contributed by atoms with van der Waals surface area (Å²) in [6.07, 6.45) is 0. The Morgan fingerprint density at radius 3 is 1.84 bits per heavy atom. The first-order chi connectivity index (χ1) is 17.7. The second kappa shape index (κ2) is 10.1. The van der Waals surface area contributed by atoms with E-state index in [2.05, 4.69) is 160 Å². The summed E-state index contributed by atoms with van der Waals surface area (Å²) >= 11 is 2.39. The van der Waals surface area contributed by atoms with Crippen molar-refractivity contribution in [3.63, 3.8) is 0 Å². The maximum atomic E-state index is 3.47. The van der Waals surface area contributed by atoms with Crippen LogP contribution in [-0.4, -0.2) is 26.7 Å². The molecule has 1 aromatic heterocycles. The molecule has 0 aliphatic carbocycles. The predicted octanol–water partition coefficient (Wildman–Crippen LogP) is 8.08. The number of nitrogens with zero attached hydrogens (tertiary/aromatic N) is 2. The maximum Gasteiger partial charge on any atom is 0.129 e. The fraction of sp³-hybridized carbons (Fsp3) is 0.152. The van der Waals surface area contributed by atoms with Crippen molar-refractivity contribution >= 4 is 58.2 Å². The van der Waals surface area contributed by atoms with Crippen LogP contribution >= 0.6 is 22.6 Å². The minimum absolute atomic E-state index is 1.00. The van der Waals surface area contributed by atoms with Gasteiger partial charge in [0.2, 0.25) is 0 Å². The molecule has 5 rings (SSSR count). The molecule has 0 spiro atoms. The lowest BCUT2D eigenvalue weighted by molar-refractivity contribution is 1.13. The molecule has 0 unspecified atom stereocenters. The fourth-order valence-corrected chi connectivity index (χ4v) is 5.28. The van der Waals surface area contributed by atoms with Crippen molar-refractivity contribution in [2.45, 2.75) is 19.6 Å². The molecule has 182 valence electrons. The summed E-state index contributed by atoms with van der Waals surface area (Å²) in [4.78, 5) is 2.09. The Morgan fingerprint density at radius 2 is 1.19 bits per heavy atom. The largest absolute Gasteiger partial charge is 0.378 e. The third-order valence-corrected chi connectivity index (χ3v) is 7.72. The molecule has 1 heterocycles. The lowest BCUT2D eigenvalue weighted by Gasteiger charge is -2.11. The van der Waals surface area contributed by atoms with Crippen molar-refractivity contribution in [3.8, 4) is 29.0 Å². The average Bonchev–Trinajstić information content (AvgIpc) is 3.19. The van der Waals surface area contributed by atoms with E-state index < -0.39 is 8.07 Å². The molecule has 4 aromatic carbocycles. The van der Waals surface area contributed by atoms with Crippen LogP contribution in [0.25, 0.3) is 27.5 Å². The summed E-state index contributed by atoms with van der Waals surface area (Å²) in [5, 5.41) is 2.48. The van der Waals surface area contributed by atoms with Gasteiger partial charge in [0.25, 0.3) is 0 Å². The van der Waals surface area contributed by atoms with Gasteiger partial charge in [-0.25, -0.2) is 0 Å². The second-order valence-corrected chi connectivity index (χ2v) is 16.5. The molecule has 5 aromatic rings. The van der Waals surface area contributed by atoms with Crippen LogP contribution in [0.3, 0.4) is 0 Å². The first-order valence-corrected chi connectivity index (χ1v) is 16.9. The van der Waals surface area contributed by atoms with E-state index in [1.807, 2.05) is 14.1 Å². The van der Waals surface area contributed by atoms with Crippen molar-refractivity contribution in [2.75, 3.05) is 19.0 Å². The van der Waals surface area contributed by atoms with Gasteiger partial charge in [-0.2, -0.15) is 0 Å². The van der Waals surface area contributed by atoms with Gasteiger partial charge < -0.3 is 9.47 Å². The lowest BCUT2D eigenvalue weighted by Crippen LogP contribution is -2.16. The first kappa shape index (κ1) is 25.2. The van der Waals surface area contributed by atoms with Gasteiger partial charge in [-0.15, -0.1) is 5.54 Å². The molecule has 0 saturated carbocycles. The van der Waals surface area contributed by atoms with E-state index in [9.17, 15) is 0 Å². The van der Waals surface area contributed by atoms with E-state index in [0.717, 1.165) is 27.9 Å². The van der Waals surface area contributed by atoms with E-state index in [-0.39, 0.29) is 0 Å². The summed E-state index contributed by atoms with van der Waals surface area (Å²) < 4.78 is 3.56. The second-order valence-electron chi connectivity index (χ2n) is 10.5. The first-order valence-electron chi connectivity index (χ1n) is 12.3. The molecule has 0 radical (unpaired) electrons. The number of aromatic nitrogens is 1. The predicted molar refractivity (Wildman–Crippen MR) is 170 cm³/mol. The SMILES string of the molecule is CN(C)c1ccc(C#Cc2ccc3c4ccc(I)cc4n(-c4ccc(C#C[Si](C)(C)C)cc4)c3c2)cc1. The third-order valence-electron chi connectivity index (χ3n) is 6.17. The molecule has 37 heavy (non-hydrogen) atoms. The van der Waals surface area contributed by atoms with E-state index >= 15 is 0 Å². The molecule has 0 fully saturated rings. The third kappa shape index (κ3) is 5.61. The molecular weight excluding hydrogens is 579 g/mol. The number of benzene rings is 4. The van der Waals surface area contributed by atoms with Gasteiger partial charge >= 0.3 is 0 Å². The van der Waals surface area contributed by atoms with Gasteiger partial charge in [0.05, 0.1) is 11.0 Å². The van der Waals surface area contributed by atoms with Crippen LogP contribution in [-0.2, 0) is 0 Å². The highest BCUT2D eigenvalue weighted by Crippen LogP contribution is 2.33. The number of hydrogen-bond donors (Lipinski definition) is 0. The Labute approximate surface area is 234 Å². The van der Waals surface area contributed by atoms with Crippen LogP contribution in [0.4, 0.5) is 5.69 Å². The molecule has 0 N–H and O–H groups in total. The number of halogens is 1. The van der Waals surface area contributed by atoms with Crippen molar-refractivity contribution in [2.24, 2.45) is 0 Å². The number of fused-ring (bicyclic) bond motifs is 3. The molecule has 0 aliphatic rings. The van der Waals surface area contributed by atoms with Crippen LogP contribution in [0.15, 0.2) is 84.9 Å². The normalized spacial score (nSPS) is 11.1. The lowest BCUT2D eigenvalue weighted by atomic mass is 10.1. The molecule has 0 atom stereocenters. The van der Waals surface area contributed by atoms with Crippen LogP contribution in [0.2, 0.25) is 19.6 Å².